The zero-order chi connectivity index (χ0) is 11.4. The normalized spacial score (nSPS) is 20.2. The molecule has 0 N–H and O–H groups in total. The number of hydrogen-bond donors (Lipinski definition) is 0. The number of rotatable bonds is 4. The number of halogens is 1. The molecule has 1 aromatic rings. The van der Waals surface area contributed by atoms with Gasteiger partial charge >= 0.3 is 0 Å². The van der Waals surface area contributed by atoms with Crippen LogP contribution >= 0.6 is 11.6 Å². The summed E-state index contributed by atoms with van der Waals surface area (Å²) in [5.41, 5.74) is 0.815. The molecule has 5 heteroatoms. The average Bonchev–Trinajstić information content (AvgIpc) is 2.70. The highest BCUT2D eigenvalue weighted by Gasteiger charge is 2.17. The minimum atomic E-state index is 0.244. The van der Waals surface area contributed by atoms with Crippen molar-refractivity contribution < 1.29 is 9.47 Å². The SMILES string of the molecule is COCc1cc(Cl)nc(CC2CCCO2)n1. The van der Waals surface area contributed by atoms with E-state index in [9.17, 15) is 0 Å². The van der Waals surface area contributed by atoms with Gasteiger partial charge in [-0.15, -0.1) is 0 Å². The molecule has 1 aromatic heterocycles. The number of hydrogen-bond acceptors (Lipinski definition) is 4. The molecule has 1 aliphatic heterocycles. The zero-order valence-corrected chi connectivity index (χ0v) is 10.0. The third kappa shape index (κ3) is 3.14. The quantitative estimate of drug-likeness (QED) is 0.758. The van der Waals surface area contributed by atoms with Crippen molar-refractivity contribution in [3.8, 4) is 0 Å². The maximum absolute atomic E-state index is 5.92. The van der Waals surface area contributed by atoms with Crippen LogP contribution in [0, 0.1) is 0 Å². The van der Waals surface area contributed by atoms with Gasteiger partial charge in [0.15, 0.2) is 0 Å². The zero-order valence-electron chi connectivity index (χ0n) is 9.28. The Morgan fingerprint density at radius 2 is 2.44 bits per heavy atom. The molecule has 1 atom stereocenters. The van der Waals surface area contributed by atoms with E-state index >= 15 is 0 Å². The second-order valence-corrected chi connectivity index (χ2v) is 4.26. The first kappa shape index (κ1) is 11.8. The van der Waals surface area contributed by atoms with Gasteiger partial charge in [0.25, 0.3) is 0 Å². The molecular formula is C11H15ClN2O2. The van der Waals surface area contributed by atoms with Gasteiger partial charge in [0.1, 0.15) is 11.0 Å². The van der Waals surface area contributed by atoms with E-state index in [1.165, 1.54) is 0 Å². The van der Waals surface area contributed by atoms with Gasteiger partial charge in [-0.05, 0) is 18.9 Å². The average molecular weight is 243 g/mol. The molecule has 0 aromatic carbocycles. The monoisotopic (exact) mass is 242 g/mol. The maximum Gasteiger partial charge on any atom is 0.133 e. The molecule has 88 valence electrons. The number of methoxy groups -OCH3 is 1. The Kier molecular flexibility index (Phi) is 4.09. The molecule has 0 saturated carbocycles. The van der Waals surface area contributed by atoms with Crippen molar-refractivity contribution in [3.05, 3.63) is 22.7 Å². The van der Waals surface area contributed by atoms with Crippen molar-refractivity contribution in [3.63, 3.8) is 0 Å². The van der Waals surface area contributed by atoms with E-state index in [4.69, 9.17) is 21.1 Å². The smallest absolute Gasteiger partial charge is 0.133 e. The molecule has 1 saturated heterocycles. The third-order valence-electron chi connectivity index (χ3n) is 2.52. The Morgan fingerprint density at radius 1 is 1.56 bits per heavy atom. The predicted molar refractivity (Wildman–Crippen MR) is 60.4 cm³/mol. The van der Waals surface area contributed by atoms with Crippen LogP contribution in [0.15, 0.2) is 6.07 Å². The standard InChI is InChI=1S/C11H15ClN2O2/c1-15-7-8-5-10(12)14-11(13-8)6-9-3-2-4-16-9/h5,9H,2-4,6-7H2,1H3. The summed E-state index contributed by atoms with van der Waals surface area (Å²) >= 11 is 5.92. The summed E-state index contributed by atoms with van der Waals surface area (Å²) in [6.45, 7) is 1.30. The van der Waals surface area contributed by atoms with Crippen LogP contribution in [0.1, 0.15) is 24.4 Å². The van der Waals surface area contributed by atoms with Crippen molar-refractivity contribution in [2.24, 2.45) is 0 Å². The van der Waals surface area contributed by atoms with Crippen molar-refractivity contribution in [2.45, 2.75) is 32.0 Å². The lowest BCUT2D eigenvalue weighted by Gasteiger charge is -2.09. The number of nitrogens with zero attached hydrogens (tertiary/aromatic N) is 2. The molecule has 0 aliphatic carbocycles. The van der Waals surface area contributed by atoms with Crippen LogP contribution in [0.4, 0.5) is 0 Å². The maximum atomic E-state index is 5.92. The highest BCUT2D eigenvalue weighted by molar-refractivity contribution is 6.29. The molecule has 0 spiro atoms. The van der Waals surface area contributed by atoms with E-state index in [0.717, 1.165) is 37.4 Å². The highest BCUT2D eigenvalue weighted by atomic mass is 35.5. The first-order valence-corrected chi connectivity index (χ1v) is 5.78. The van der Waals surface area contributed by atoms with Crippen molar-refractivity contribution >= 4 is 11.6 Å². The van der Waals surface area contributed by atoms with Crippen LogP contribution in [-0.2, 0) is 22.5 Å². The van der Waals surface area contributed by atoms with Crippen LogP contribution in [-0.4, -0.2) is 29.8 Å². The van der Waals surface area contributed by atoms with Gasteiger partial charge in [-0.1, -0.05) is 11.6 Å². The van der Waals surface area contributed by atoms with Crippen LogP contribution in [0.5, 0.6) is 0 Å². The summed E-state index contributed by atoms with van der Waals surface area (Å²) in [6, 6.07) is 1.73. The molecule has 0 bridgehead atoms. The van der Waals surface area contributed by atoms with Crippen LogP contribution in [0.25, 0.3) is 0 Å². The highest BCUT2D eigenvalue weighted by Crippen LogP contribution is 2.17. The Labute approximate surface area is 99.9 Å². The van der Waals surface area contributed by atoms with Crippen molar-refractivity contribution in [1.82, 2.24) is 9.97 Å². The van der Waals surface area contributed by atoms with E-state index in [0.29, 0.717) is 11.8 Å². The van der Waals surface area contributed by atoms with Gasteiger partial charge in [-0.25, -0.2) is 9.97 Å². The lowest BCUT2D eigenvalue weighted by molar-refractivity contribution is 0.109. The van der Waals surface area contributed by atoms with Gasteiger partial charge in [0.2, 0.25) is 0 Å². The second kappa shape index (κ2) is 5.57. The van der Waals surface area contributed by atoms with Crippen LogP contribution < -0.4 is 0 Å². The van der Waals surface area contributed by atoms with Crippen LogP contribution in [0.2, 0.25) is 5.15 Å². The van der Waals surface area contributed by atoms with Crippen molar-refractivity contribution in [2.75, 3.05) is 13.7 Å². The molecule has 16 heavy (non-hydrogen) atoms. The Hall–Kier alpha value is -0.710. The lowest BCUT2D eigenvalue weighted by Crippen LogP contribution is -2.12. The minimum absolute atomic E-state index is 0.244. The van der Waals surface area contributed by atoms with Gasteiger partial charge in [0, 0.05) is 20.1 Å². The number of aromatic nitrogens is 2. The first-order chi connectivity index (χ1) is 7.78. The Morgan fingerprint density at radius 3 is 3.12 bits per heavy atom. The molecular weight excluding hydrogens is 228 g/mol. The van der Waals surface area contributed by atoms with Gasteiger partial charge < -0.3 is 9.47 Å². The number of ether oxygens (including phenoxy) is 2. The second-order valence-electron chi connectivity index (χ2n) is 3.87. The fraction of sp³-hybridized carbons (Fsp3) is 0.636. The minimum Gasteiger partial charge on any atom is -0.378 e. The summed E-state index contributed by atoms with van der Waals surface area (Å²) in [6.07, 6.45) is 3.18. The van der Waals surface area contributed by atoms with Crippen LogP contribution in [0.3, 0.4) is 0 Å². The van der Waals surface area contributed by atoms with E-state index in [2.05, 4.69) is 9.97 Å². The molecule has 1 unspecified atom stereocenters. The summed E-state index contributed by atoms with van der Waals surface area (Å²) in [4.78, 5) is 8.58. The van der Waals surface area contributed by atoms with Gasteiger partial charge in [0.05, 0.1) is 18.4 Å². The molecule has 2 heterocycles. The summed E-state index contributed by atoms with van der Waals surface area (Å²) in [5, 5.41) is 0.468. The lowest BCUT2D eigenvalue weighted by atomic mass is 10.2. The molecule has 4 nitrogen and oxygen atoms in total. The fourth-order valence-electron chi connectivity index (χ4n) is 1.84. The predicted octanol–water partition coefficient (Wildman–Crippen LogP) is 2.00. The Balaban J connectivity index is 2.06. The summed E-state index contributed by atoms with van der Waals surface area (Å²) < 4.78 is 10.6. The molecule has 0 amide bonds. The third-order valence-corrected chi connectivity index (χ3v) is 2.71. The largest absolute Gasteiger partial charge is 0.378 e. The first-order valence-electron chi connectivity index (χ1n) is 5.41. The topological polar surface area (TPSA) is 44.2 Å². The summed E-state index contributed by atoms with van der Waals surface area (Å²) in [5.74, 6) is 0.742. The fourth-order valence-corrected chi connectivity index (χ4v) is 2.06. The van der Waals surface area contributed by atoms with Gasteiger partial charge in [-0.3, -0.25) is 0 Å². The van der Waals surface area contributed by atoms with E-state index in [1.807, 2.05) is 0 Å². The molecule has 0 radical (unpaired) electrons. The van der Waals surface area contributed by atoms with E-state index < -0.39 is 0 Å². The van der Waals surface area contributed by atoms with E-state index in [1.54, 1.807) is 13.2 Å². The van der Waals surface area contributed by atoms with Gasteiger partial charge in [-0.2, -0.15) is 0 Å². The van der Waals surface area contributed by atoms with Crippen molar-refractivity contribution in [1.29, 1.82) is 0 Å². The summed E-state index contributed by atoms with van der Waals surface area (Å²) in [7, 11) is 1.63. The molecule has 2 rings (SSSR count). The Bertz CT molecular complexity index is 354. The molecule has 1 fully saturated rings. The molecule has 1 aliphatic rings. The van der Waals surface area contributed by atoms with E-state index in [-0.39, 0.29) is 6.10 Å².